The second kappa shape index (κ2) is 8.10. The highest BCUT2D eigenvalue weighted by Gasteiger charge is 2.27. The normalized spacial score (nSPS) is 17.5. The van der Waals surface area contributed by atoms with E-state index in [0.29, 0.717) is 12.1 Å². The molecule has 0 amide bonds. The van der Waals surface area contributed by atoms with Crippen LogP contribution in [0.5, 0.6) is 0 Å². The largest absolute Gasteiger partial charge is 0.394 e. The second-order valence-electron chi connectivity index (χ2n) is 6.35. The summed E-state index contributed by atoms with van der Waals surface area (Å²) in [6.45, 7) is 10.9. The fourth-order valence-corrected chi connectivity index (χ4v) is 2.25. The molecule has 4 heteroatoms. The van der Waals surface area contributed by atoms with Crippen LogP contribution in [-0.4, -0.2) is 73.4 Å². The van der Waals surface area contributed by atoms with Crippen molar-refractivity contribution in [3.8, 4) is 0 Å². The van der Waals surface area contributed by atoms with Crippen LogP contribution in [0.15, 0.2) is 0 Å². The Bertz CT molecular complexity index is 221. The van der Waals surface area contributed by atoms with Gasteiger partial charge in [-0.1, -0.05) is 13.8 Å². The van der Waals surface area contributed by atoms with E-state index in [0.717, 1.165) is 19.5 Å². The van der Waals surface area contributed by atoms with E-state index in [1.54, 1.807) is 0 Å². The van der Waals surface area contributed by atoms with Crippen LogP contribution >= 0.6 is 0 Å². The molecule has 2 unspecified atom stereocenters. The molecular formula is C14H33N3O. The molecule has 2 N–H and O–H groups in total. The summed E-state index contributed by atoms with van der Waals surface area (Å²) in [5.41, 5.74) is -0.194. The molecule has 0 aromatic carbocycles. The summed E-state index contributed by atoms with van der Waals surface area (Å²) in [5, 5.41) is 13.1. The number of rotatable bonds is 9. The van der Waals surface area contributed by atoms with Crippen LogP contribution in [0.3, 0.4) is 0 Å². The number of likely N-dealkylation sites (N-methyl/N-ethyl adjacent to an activating group) is 2. The van der Waals surface area contributed by atoms with Gasteiger partial charge in [0.25, 0.3) is 0 Å². The van der Waals surface area contributed by atoms with Gasteiger partial charge in [0.1, 0.15) is 0 Å². The van der Waals surface area contributed by atoms with Crippen molar-refractivity contribution in [2.75, 3.05) is 40.8 Å². The Hall–Kier alpha value is -0.160. The van der Waals surface area contributed by atoms with Crippen LogP contribution < -0.4 is 5.32 Å². The molecule has 0 saturated carbocycles. The number of nitrogens with zero attached hydrogens (tertiary/aromatic N) is 2. The van der Waals surface area contributed by atoms with Crippen LogP contribution in [0, 0.1) is 0 Å². The molecular weight excluding hydrogens is 226 g/mol. The highest BCUT2D eigenvalue weighted by Crippen LogP contribution is 2.16. The zero-order valence-corrected chi connectivity index (χ0v) is 13.3. The molecule has 18 heavy (non-hydrogen) atoms. The first kappa shape index (κ1) is 17.8. The zero-order chi connectivity index (χ0) is 14.3. The molecule has 0 bridgehead atoms. The molecule has 0 radical (unpaired) electrons. The predicted octanol–water partition coefficient (Wildman–Crippen LogP) is 1.01. The maximum Gasteiger partial charge on any atom is 0.0611 e. The summed E-state index contributed by atoms with van der Waals surface area (Å²) in [6, 6.07) is 0.842. The Balaban J connectivity index is 4.28. The number of hydrogen-bond donors (Lipinski definition) is 2. The first-order valence-corrected chi connectivity index (χ1v) is 6.93. The molecule has 0 aliphatic rings. The Morgan fingerprint density at radius 1 is 1.11 bits per heavy atom. The quantitative estimate of drug-likeness (QED) is 0.648. The number of nitrogens with one attached hydrogen (secondary N) is 1. The van der Waals surface area contributed by atoms with E-state index >= 15 is 0 Å². The van der Waals surface area contributed by atoms with Crippen molar-refractivity contribution in [2.24, 2.45) is 0 Å². The highest BCUT2D eigenvalue weighted by molar-refractivity contribution is 4.88. The molecule has 0 saturated heterocycles. The third kappa shape index (κ3) is 7.31. The van der Waals surface area contributed by atoms with Crippen molar-refractivity contribution >= 4 is 0 Å². The second-order valence-corrected chi connectivity index (χ2v) is 6.35. The molecule has 0 aromatic heterocycles. The van der Waals surface area contributed by atoms with Crippen LogP contribution in [0.25, 0.3) is 0 Å². The van der Waals surface area contributed by atoms with Gasteiger partial charge in [-0.15, -0.1) is 0 Å². The van der Waals surface area contributed by atoms with Crippen LogP contribution in [0.1, 0.15) is 34.1 Å². The lowest BCUT2D eigenvalue weighted by molar-refractivity contribution is 0.116. The average molecular weight is 259 g/mol. The third-order valence-corrected chi connectivity index (χ3v) is 3.38. The van der Waals surface area contributed by atoms with Gasteiger partial charge in [-0.25, -0.2) is 0 Å². The Labute approximate surface area is 113 Å². The van der Waals surface area contributed by atoms with Gasteiger partial charge in [-0.2, -0.15) is 0 Å². The Kier molecular flexibility index (Phi) is 8.03. The lowest BCUT2D eigenvalue weighted by Crippen LogP contribution is -2.52. The fourth-order valence-electron chi connectivity index (χ4n) is 2.25. The van der Waals surface area contributed by atoms with Crippen molar-refractivity contribution in [2.45, 2.75) is 51.7 Å². The molecule has 0 heterocycles. The summed E-state index contributed by atoms with van der Waals surface area (Å²) in [5.74, 6) is 0. The van der Waals surface area contributed by atoms with Gasteiger partial charge in [-0.05, 0) is 41.4 Å². The Morgan fingerprint density at radius 3 is 2.06 bits per heavy atom. The zero-order valence-electron chi connectivity index (χ0n) is 13.3. The molecule has 110 valence electrons. The minimum atomic E-state index is -0.194. The topological polar surface area (TPSA) is 38.7 Å². The summed E-state index contributed by atoms with van der Waals surface area (Å²) in [6.07, 6.45) is 0.950. The van der Waals surface area contributed by atoms with Gasteiger partial charge in [-0.3, -0.25) is 0 Å². The van der Waals surface area contributed by atoms with Gasteiger partial charge in [0.15, 0.2) is 0 Å². The molecule has 4 nitrogen and oxygen atoms in total. The van der Waals surface area contributed by atoms with E-state index < -0.39 is 0 Å². The number of hydrogen-bond acceptors (Lipinski definition) is 4. The standard InChI is InChI=1S/C14H33N3O/c1-12(2)15-14(4,11-18)10-13(3)17(7)9-8-16(5)6/h12-13,15,18H,8-11H2,1-7H3. The van der Waals surface area contributed by atoms with E-state index in [-0.39, 0.29) is 12.1 Å². The van der Waals surface area contributed by atoms with Gasteiger partial charge in [0.05, 0.1) is 6.61 Å². The van der Waals surface area contributed by atoms with Crippen molar-refractivity contribution < 1.29 is 5.11 Å². The molecule has 0 aliphatic carbocycles. The highest BCUT2D eigenvalue weighted by atomic mass is 16.3. The van der Waals surface area contributed by atoms with E-state index in [9.17, 15) is 5.11 Å². The van der Waals surface area contributed by atoms with Gasteiger partial charge in [0, 0.05) is 30.7 Å². The van der Waals surface area contributed by atoms with E-state index in [1.165, 1.54) is 0 Å². The van der Waals surface area contributed by atoms with Gasteiger partial charge >= 0.3 is 0 Å². The van der Waals surface area contributed by atoms with E-state index in [1.807, 2.05) is 0 Å². The maximum atomic E-state index is 9.59. The predicted molar refractivity (Wildman–Crippen MR) is 79.0 cm³/mol. The molecule has 0 aromatic rings. The minimum Gasteiger partial charge on any atom is -0.394 e. The minimum absolute atomic E-state index is 0.178. The van der Waals surface area contributed by atoms with Gasteiger partial charge in [0.2, 0.25) is 0 Å². The Morgan fingerprint density at radius 2 is 1.67 bits per heavy atom. The van der Waals surface area contributed by atoms with E-state index in [2.05, 4.69) is 64.0 Å². The van der Waals surface area contributed by atoms with Crippen LogP contribution in [-0.2, 0) is 0 Å². The average Bonchev–Trinajstić information content (AvgIpc) is 2.24. The first-order valence-electron chi connectivity index (χ1n) is 6.93. The first-order chi connectivity index (χ1) is 8.20. The van der Waals surface area contributed by atoms with Crippen molar-refractivity contribution in [3.63, 3.8) is 0 Å². The summed E-state index contributed by atoms with van der Waals surface area (Å²) < 4.78 is 0. The third-order valence-electron chi connectivity index (χ3n) is 3.38. The lowest BCUT2D eigenvalue weighted by atomic mass is 9.93. The SMILES string of the molecule is CC(C)NC(C)(CO)CC(C)N(C)CCN(C)C. The van der Waals surface area contributed by atoms with Crippen LogP contribution in [0.2, 0.25) is 0 Å². The van der Waals surface area contributed by atoms with Crippen molar-refractivity contribution in [3.05, 3.63) is 0 Å². The monoisotopic (exact) mass is 259 g/mol. The van der Waals surface area contributed by atoms with E-state index in [4.69, 9.17) is 0 Å². The molecule has 2 atom stereocenters. The summed E-state index contributed by atoms with van der Waals surface area (Å²) in [4.78, 5) is 4.55. The molecule has 0 rings (SSSR count). The number of aliphatic hydroxyl groups is 1. The lowest BCUT2D eigenvalue weighted by Gasteiger charge is -2.37. The fraction of sp³-hybridized carbons (Fsp3) is 1.00. The number of aliphatic hydroxyl groups excluding tert-OH is 1. The maximum absolute atomic E-state index is 9.59. The summed E-state index contributed by atoms with van der Waals surface area (Å²) in [7, 11) is 6.34. The smallest absolute Gasteiger partial charge is 0.0611 e. The van der Waals surface area contributed by atoms with Gasteiger partial charge < -0.3 is 20.2 Å². The van der Waals surface area contributed by atoms with Crippen LogP contribution in [0.4, 0.5) is 0 Å². The molecule has 0 fully saturated rings. The van der Waals surface area contributed by atoms with Crippen molar-refractivity contribution in [1.82, 2.24) is 15.1 Å². The van der Waals surface area contributed by atoms with Crippen molar-refractivity contribution in [1.29, 1.82) is 0 Å². The molecule has 0 aliphatic heterocycles. The molecule has 0 spiro atoms. The summed E-state index contributed by atoms with van der Waals surface area (Å²) >= 11 is 0.